The number of rotatable bonds is 8. The molecule has 2 amide bonds. The normalized spacial score (nSPS) is 14.9. The predicted molar refractivity (Wildman–Crippen MR) is 144 cm³/mol. The molecule has 194 valence electrons. The van der Waals surface area contributed by atoms with E-state index < -0.39 is 5.41 Å². The zero-order valence-electron chi connectivity index (χ0n) is 22.1. The van der Waals surface area contributed by atoms with Crippen LogP contribution in [0.2, 0.25) is 0 Å². The monoisotopic (exact) mass is 502 g/mol. The van der Waals surface area contributed by atoms with Crippen LogP contribution < -0.4 is 19.7 Å². The van der Waals surface area contributed by atoms with Crippen molar-refractivity contribution in [3.8, 4) is 22.9 Å². The summed E-state index contributed by atoms with van der Waals surface area (Å²) < 4.78 is 11.9. The maximum Gasteiger partial charge on any atom is 0.326 e. The molecule has 8 nitrogen and oxygen atoms in total. The number of para-hydroxylation sites is 1. The van der Waals surface area contributed by atoms with Gasteiger partial charge in [0.15, 0.2) is 0 Å². The third kappa shape index (κ3) is 5.90. The summed E-state index contributed by atoms with van der Waals surface area (Å²) in [5.41, 5.74) is 3.67. The minimum Gasteiger partial charge on any atom is -0.486 e. The smallest absolute Gasteiger partial charge is 0.326 e. The molecule has 1 unspecified atom stereocenters. The Morgan fingerprint density at radius 1 is 1.11 bits per heavy atom. The number of aromatic nitrogens is 2. The summed E-state index contributed by atoms with van der Waals surface area (Å²) in [4.78, 5) is 35.4. The van der Waals surface area contributed by atoms with E-state index in [1.54, 1.807) is 24.2 Å². The molecular formula is C29H34N4O4. The van der Waals surface area contributed by atoms with E-state index in [9.17, 15) is 9.59 Å². The summed E-state index contributed by atoms with van der Waals surface area (Å²) in [6.45, 7) is 9.98. The number of amides is 2. The van der Waals surface area contributed by atoms with Crippen molar-refractivity contribution in [1.82, 2.24) is 9.97 Å². The molecule has 1 atom stereocenters. The minimum atomic E-state index is -0.607. The van der Waals surface area contributed by atoms with Crippen molar-refractivity contribution in [3.05, 3.63) is 60.4 Å². The van der Waals surface area contributed by atoms with E-state index in [0.717, 1.165) is 35.2 Å². The lowest BCUT2D eigenvalue weighted by Gasteiger charge is -2.35. The van der Waals surface area contributed by atoms with E-state index in [0.29, 0.717) is 18.0 Å². The maximum atomic E-state index is 13.3. The highest BCUT2D eigenvalue weighted by molar-refractivity contribution is 6.03. The molecule has 37 heavy (non-hydrogen) atoms. The Morgan fingerprint density at radius 3 is 2.51 bits per heavy atom. The molecule has 0 aliphatic carbocycles. The van der Waals surface area contributed by atoms with Gasteiger partial charge in [0.2, 0.25) is 0 Å². The van der Waals surface area contributed by atoms with Crippen molar-refractivity contribution in [2.24, 2.45) is 5.41 Å². The van der Waals surface area contributed by atoms with Gasteiger partial charge in [0, 0.05) is 23.6 Å². The van der Waals surface area contributed by atoms with Gasteiger partial charge in [-0.15, -0.1) is 0 Å². The molecule has 3 aromatic rings. The lowest BCUT2D eigenvalue weighted by atomic mass is 9.90. The standard InChI is InChI=1S/C29H34N4O4/c1-6-20-10-8-9-11-24(20)32-28(35)33-17-23(7-2)37-26-14-21(12-13-25(26)33)22-15-30-27(31-16-22)36-18-29(4,5)19(3)34/h8-16,23H,6-7,17-18H2,1-5H3,(H,32,35). The Kier molecular flexibility index (Phi) is 7.76. The lowest BCUT2D eigenvalue weighted by Crippen LogP contribution is -2.45. The number of ketones is 1. The number of benzene rings is 2. The van der Waals surface area contributed by atoms with Crippen LogP contribution in [0.25, 0.3) is 11.1 Å². The average Bonchev–Trinajstić information content (AvgIpc) is 2.91. The van der Waals surface area contributed by atoms with Gasteiger partial charge in [-0.25, -0.2) is 14.8 Å². The molecule has 1 aliphatic rings. The number of fused-ring (bicyclic) bond motifs is 1. The molecule has 1 aromatic heterocycles. The van der Waals surface area contributed by atoms with Crippen LogP contribution >= 0.6 is 0 Å². The summed E-state index contributed by atoms with van der Waals surface area (Å²) in [6, 6.07) is 13.6. The molecule has 2 aromatic carbocycles. The highest BCUT2D eigenvalue weighted by Gasteiger charge is 2.30. The second kappa shape index (κ2) is 11.0. The zero-order chi connectivity index (χ0) is 26.6. The third-order valence-electron chi connectivity index (χ3n) is 6.75. The number of hydrogen-bond donors (Lipinski definition) is 1. The van der Waals surface area contributed by atoms with Crippen molar-refractivity contribution < 1.29 is 19.1 Å². The Hall–Kier alpha value is -3.94. The van der Waals surface area contributed by atoms with Gasteiger partial charge in [0.05, 0.1) is 17.6 Å². The fourth-order valence-electron chi connectivity index (χ4n) is 3.95. The van der Waals surface area contributed by atoms with Crippen LogP contribution in [0.1, 0.15) is 46.6 Å². The second-order valence-corrected chi connectivity index (χ2v) is 9.87. The van der Waals surface area contributed by atoms with Crippen LogP contribution in [-0.4, -0.2) is 41.0 Å². The van der Waals surface area contributed by atoms with Gasteiger partial charge in [-0.2, -0.15) is 0 Å². The number of nitrogens with one attached hydrogen (secondary N) is 1. The van der Waals surface area contributed by atoms with Gasteiger partial charge in [0.1, 0.15) is 24.2 Å². The number of nitrogens with zero attached hydrogens (tertiary/aromatic N) is 3. The van der Waals surface area contributed by atoms with E-state index in [4.69, 9.17) is 9.47 Å². The molecular weight excluding hydrogens is 468 g/mol. The summed E-state index contributed by atoms with van der Waals surface area (Å²) in [5.74, 6) is 0.680. The van der Waals surface area contributed by atoms with Crippen LogP contribution in [0.5, 0.6) is 11.8 Å². The van der Waals surface area contributed by atoms with Crippen LogP contribution in [-0.2, 0) is 11.2 Å². The summed E-state index contributed by atoms with van der Waals surface area (Å²) in [6.07, 6.45) is 4.84. The highest BCUT2D eigenvalue weighted by Crippen LogP contribution is 2.38. The van der Waals surface area contributed by atoms with Crippen molar-refractivity contribution in [2.45, 2.75) is 53.6 Å². The van der Waals surface area contributed by atoms with Crippen LogP contribution in [0.3, 0.4) is 0 Å². The van der Waals surface area contributed by atoms with Crippen molar-refractivity contribution >= 4 is 23.2 Å². The molecule has 1 aliphatic heterocycles. The summed E-state index contributed by atoms with van der Waals surface area (Å²) in [5, 5.41) is 3.08. The second-order valence-electron chi connectivity index (χ2n) is 9.87. The first kappa shape index (κ1) is 26.1. The fourth-order valence-corrected chi connectivity index (χ4v) is 3.95. The van der Waals surface area contributed by atoms with E-state index in [1.165, 1.54) is 0 Å². The number of aryl methyl sites for hydroxylation is 1. The number of anilines is 2. The molecule has 0 bridgehead atoms. The number of Topliss-reactive ketones (excluding diaryl/α,β-unsaturated/α-hetero) is 1. The molecule has 1 N–H and O–H groups in total. The number of ether oxygens (including phenoxy) is 2. The SMILES string of the molecule is CCc1ccccc1NC(=O)N1CC(CC)Oc2cc(-c3cnc(OCC(C)(C)C(C)=O)nc3)ccc21. The van der Waals surface area contributed by atoms with E-state index in [-0.39, 0.29) is 30.5 Å². The van der Waals surface area contributed by atoms with Crippen LogP contribution in [0, 0.1) is 5.41 Å². The Balaban J connectivity index is 1.54. The Morgan fingerprint density at radius 2 is 1.84 bits per heavy atom. The third-order valence-corrected chi connectivity index (χ3v) is 6.75. The van der Waals surface area contributed by atoms with Gasteiger partial charge in [-0.3, -0.25) is 9.69 Å². The largest absolute Gasteiger partial charge is 0.486 e. The van der Waals surface area contributed by atoms with Gasteiger partial charge in [-0.05, 0) is 62.9 Å². The lowest BCUT2D eigenvalue weighted by molar-refractivity contribution is -0.126. The molecule has 2 heterocycles. The predicted octanol–water partition coefficient (Wildman–Crippen LogP) is 5.91. The molecule has 0 fully saturated rings. The van der Waals surface area contributed by atoms with E-state index >= 15 is 0 Å². The van der Waals surface area contributed by atoms with Crippen LogP contribution in [0.4, 0.5) is 16.2 Å². The minimum absolute atomic E-state index is 0.0425. The van der Waals surface area contributed by atoms with Gasteiger partial charge in [0.25, 0.3) is 0 Å². The number of hydrogen-bond acceptors (Lipinski definition) is 6. The number of urea groups is 1. The number of carbonyl (C=O) groups is 2. The molecule has 4 rings (SSSR count). The Labute approximate surface area is 218 Å². The summed E-state index contributed by atoms with van der Waals surface area (Å²) >= 11 is 0. The fraction of sp³-hybridized carbons (Fsp3) is 0.379. The van der Waals surface area contributed by atoms with Gasteiger partial charge < -0.3 is 14.8 Å². The average molecular weight is 503 g/mol. The molecule has 0 saturated heterocycles. The zero-order valence-corrected chi connectivity index (χ0v) is 22.1. The first-order valence-electron chi connectivity index (χ1n) is 12.6. The summed E-state index contributed by atoms with van der Waals surface area (Å²) in [7, 11) is 0. The van der Waals surface area contributed by atoms with E-state index in [1.807, 2.05) is 63.2 Å². The molecule has 8 heteroatoms. The topological polar surface area (TPSA) is 93.7 Å². The Bertz CT molecular complexity index is 1270. The van der Waals surface area contributed by atoms with Gasteiger partial charge >= 0.3 is 12.0 Å². The molecule has 0 saturated carbocycles. The molecule has 0 spiro atoms. The quantitative estimate of drug-likeness (QED) is 0.412. The first-order valence-corrected chi connectivity index (χ1v) is 12.6. The van der Waals surface area contributed by atoms with Crippen molar-refractivity contribution in [3.63, 3.8) is 0 Å². The van der Waals surface area contributed by atoms with Crippen molar-refractivity contribution in [2.75, 3.05) is 23.4 Å². The van der Waals surface area contributed by atoms with Crippen LogP contribution in [0.15, 0.2) is 54.9 Å². The number of carbonyl (C=O) groups excluding carboxylic acids is 2. The van der Waals surface area contributed by atoms with E-state index in [2.05, 4.69) is 22.2 Å². The highest BCUT2D eigenvalue weighted by atomic mass is 16.5. The van der Waals surface area contributed by atoms with Crippen molar-refractivity contribution in [1.29, 1.82) is 0 Å². The first-order chi connectivity index (χ1) is 17.7. The van der Waals surface area contributed by atoms with Gasteiger partial charge in [-0.1, -0.05) is 38.1 Å². The maximum absolute atomic E-state index is 13.3. The molecule has 0 radical (unpaired) electrons.